The van der Waals surface area contributed by atoms with Crippen LogP contribution in [0, 0.1) is 12.8 Å². The number of benzene rings is 1. The van der Waals surface area contributed by atoms with E-state index < -0.39 is 10.0 Å². The number of aryl methyl sites for hydroxylation is 1. The first kappa shape index (κ1) is 15.5. The molecule has 1 aromatic rings. The molecule has 1 aromatic carbocycles. The van der Waals surface area contributed by atoms with E-state index in [0.717, 1.165) is 24.0 Å². The summed E-state index contributed by atoms with van der Waals surface area (Å²) in [6.07, 6.45) is 2.28. The predicted octanol–water partition coefficient (Wildman–Crippen LogP) is 2.13. The summed E-state index contributed by atoms with van der Waals surface area (Å²) in [7, 11) is 0.144. The lowest BCUT2D eigenvalue weighted by Gasteiger charge is -2.25. The van der Waals surface area contributed by atoms with Gasteiger partial charge in [0.2, 0.25) is 10.0 Å². The third-order valence-electron chi connectivity index (χ3n) is 4.17. The molecule has 1 atom stereocenters. The van der Waals surface area contributed by atoms with E-state index in [1.807, 2.05) is 33.0 Å². The van der Waals surface area contributed by atoms with E-state index in [1.54, 1.807) is 13.1 Å². The number of nitrogens with zero attached hydrogens (tertiary/aromatic N) is 1. The number of hydrogen-bond donors (Lipinski definition) is 1. The van der Waals surface area contributed by atoms with Crippen molar-refractivity contribution in [1.82, 2.24) is 9.62 Å². The second-order valence-electron chi connectivity index (χ2n) is 5.73. The van der Waals surface area contributed by atoms with Crippen molar-refractivity contribution < 1.29 is 8.42 Å². The van der Waals surface area contributed by atoms with Crippen molar-refractivity contribution in [2.75, 3.05) is 14.1 Å². The molecule has 0 aromatic heterocycles. The number of sulfonamides is 1. The van der Waals surface area contributed by atoms with Crippen LogP contribution in [0.15, 0.2) is 23.1 Å². The van der Waals surface area contributed by atoms with Crippen LogP contribution in [-0.2, 0) is 16.6 Å². The van der Waals surface area contributed by atoms with Gasteiger partial charge in [0.25, 0.3) is 0 Å². The van der Waals surface area contributed by atoms with Gasteiger partial charge >= 0.3 is 0 Å². The molecule has 112 valence electrons. The average Bonchev–Trinajstić information content (AvgIpc) is 3.23. The van der Waals surface area contributed by atoms with Gasteiger partial charge in [-0.2, -0.15) is 4.31 Å². The Morgan fingerprint density at radius 3 is 2.60 bits per heavy atom. The summed E-state index contributed by atoms with van der Waals surface area (Å²) in [4.78, 5) is 0.431. The van der Waals surface area contributed by atoms with Crippen LogP contribution in [0.3, 0.4) is 0 Å². The zero-order valence-electron chi connectivity index (χ0n) is 12.7. The Morgan fingerprint density at radius 1 is 1.40 bits per heavy atom. The molecule has 0 amide bonds. The Kier molecular flexibility index (Phi) is 4.52. The molecule has 1 fully saturated rings. The van der Waals surface area contributed by atoms with E-state index in [2.05, 4.69) is 5.32 Å². The van der Waals surface area contributed by atoms with Gasteiger partial charge in [0.05, 0.1) is 4.90 Å². The van der Waals surface area contributed by atoms with Crippen LogP contribution in [0.5, 0.6) is 0 Å². The first-order valence-corrected chi connectivity index (χ1v) is 8.54. The van der Waals surface area contributed by atoms with Crippen molar-refractivity contribution in [1.29, 1.82) is 0 Å². The molecule has 1 aliphatic rings. The van der Waals surface area contributed by atoms with Crippen molar-refractivity contribution >= 4 is 10.0 Å². The van der Waals surface area contributed by atoms with Gasteiger partial charge in [-0.3, -0.25) is 0 Å². The Hall–Kier alpha value is -0.910. The summed E-state index contributed by atoms with van der Waals surface area (Å²) in [5.74, 6) is 0.524. The summed E-state index contributed by atoms with van der Waals surface area (Å²) in [5.41, 5.74) is 1.80. The maximum absolute atomic E-state index is 12.8. The third-order valence-corrected chi connectivity index (χ3v) is 6.25. The molecule has 1 aliphatic carbocycles. The Morgan fingerprint density at radius 2 is 2.05 bits per heavy atom. The van der Waals surface area contributed by atoms with Gasteiger partial charge in [-0.1, -0.05) is 12.1 Å². The van der Waals surface area contributed by atoms with Crippen LogP contribution in [0.4, 0.5) is 0 Å². The van der Waals surface area contributed by atoms with E-state index >= 15 is 0 Å². The Bertz CT molecular complexity index is 580. The SMILES string of the molecule is CNCc1ccc(C)c(S(=O)(=O)N(C)C(C)C2CC2)c1. The highest BCUT2D eigenvalue weighted by Gasteiger charge is 2.36. The summed E-state index contributed by atoms with van der Waals surface area (Å²) in [5, 5.41) is 3.05. The first-order valence-electron chi connectivity index (χ1n) is 7.10. The Labute approximate surface area is 122 Å². The fraction of sp³-hybridized carbons (Fsp3) is 0.600. The molecule has 2 rings (SSSR count). The summed E-state index contributed by atoms with van der Waals surface area (Å²) >= 11 is 0. The molecule has 0 heterocycles. The lowest BCUT2D eigenvalue weighted by Crippen LogP contribution is -2.36. The highest BCUT2D eigenvalue weighted by molar-refractivity contribution is 7.89. The fourth-order valence-electron chi connectivity index (χ4n) is 2.49. The maximum Gasteiger partial charge on any atom is 0.243 e. The molecule has 0 bridgehead atoms. The van der Waals surface area contributed by atoms with E-state index in [1.165, 1.54) is 4.31 Å². The molecule has 1 saturated carbocycles. The van der Waals surface area contributed by atoms with Crippen LogP contribution in [0.25, 0.3) is 0 Å². The molecule has 1 N–H and O–H groups in total. The number of nitrogens with one attached hydrogen (secondary N) is 1. The summed E-state index contributed by atoms with van der Waals surface area (Å²) < 4.78 is 27.1. The standard InChI is InChI=1S/C15H24N2O2S/c1-11-5-6-13(10-16-3)9-15(11)20(18,19)17(4)12(2)14-7-8-14/h5-6,9,12,14,16H,7-8,10H2,1-4H3. The minimum absolute atomic E-state index is 0.0763. The number of hydrogen-bond acceptors (Lipinski definition) is 3. The zero-order valence-corrected chi connectivity index (χ0v) is 13.5. The van der Waals surface area contributed by atoms with Crippen LogP contribution < -0.4 is 5.32 Å². The van der Waals surface area contributed by atoms with Crippen molar-refractivity contribution in [3.63, 3.8) is 0 Å². The molecule has 0 spiro atoms. The fourth-order valence-corrected chi connectivity index (χ4v) is 4.18. The lowest BCUT2D eigenvalue weighted by atomic mass is 10.1. The smallest absolute Gasteiger partial charge is 0.243 e. The monoisotopic (exact) mass is 296 g/mol. The van der Waals surface area contributed by atoms with Gasteiger partial charge in [0.1, 0.15) is 0 Å². The summed E-state index contributed by atoms with van der Waals surface area (Å²) in [6.45, 7) is 4.53. The molecular weight excluding hydrogens is 272 g/mol. The first-order chi connectivity index (χ1) is 9.37. The second kappa shape index (κ2) is 5.84. The number of rotatable bonds is 6. The molecule has 4 nitrogen and oxygen atoms in total. The largest absolute Gasteiger partial charge is 0.316 e. The zero-order chi connectivity index (χ0) is 14.9. The van der Waals surface area contributed by atoms with Gasteiger partial charge in [-0.15, -0.1) is 0 Å². The molecular formula is C15H24N2O2S. The van der Waals surface area contributed by atoms with Gasteiger partial charge < -0.3 is 5.32 Å². The normalized spacial score (nSPS) is 17.4. The molecule has 0 radical (unpaired) electrons. The molecule has 0 aliphatic heterocycles. The van der Waals surface area contributed by atoms with Gasteiger partial charge in [0.15, 0.2) is 0 Å². The average molecular weight is 296 g/mol. The van der Waals surface area contributed by atoms with Crippen molar-refractivity contribution in [2.45, 2.75) is 44.2 Å². The maximum atomic E-state index is 12.8. The predicted molar refractivity (Wildman–Crippen MR) is 81.1 cm³/mol. The van der Waals surface area contributed by atoms with Gasteiger partial charge in [-0.05, 0) is 56.8 Å². The highest BCUT2D eigenvalue weighted by Crippen LogP contribution is 2.36. The van der Waals surface area contributed by atoms with Crippen LogP contribution in [-0.4, -0.2) is 32.9 Å². The van der Waals surface area contributed by atoms with Crippen molar-refractivity contribution in [3.8, 4) is 0 Å². The quantitative estimate of drug-likeness (QED) is 0.875. The van der Waals surface area contributed by atoms with E-state index in [-0.39, 0.29) is 6.04 Å². The topological polar surface area (TPSA) is 49.4 Å². The van der Waals surface area contributed by atoms with E-state index in [4.69, 9.17) is 0 Å². The molecule has 20 heavy (non-hydrogen) atoms. The molecule has 5 heteroatoms. The molecule has 0 saturated heterocycles. The summed E-state index contributed by atoms with van der Waals surface area (Å²) in [6, 6.07) is 5.72. The van der Waals surface area contributed by atoms with Gasteiger partial charge in [-0.25, -0.2) is 8.42 Å². The van der Waals surface area contributed by atoms with Crippen molar-refractivity contribution in [3.05, 3.63) is 29.3 Å². The molecule has 1 unspecified atom stereocenters. The van der Waals surface area contributed by atoms with Crippen LogP contribution in [0.1, 0.15) is 30.9 Å². The third kappa shape index (κ3) is 3.05. The van der Waals surface area contributed by atoms with Crippen LogP contribution in [0.2, 0.25) is 0 Å². The van der Waals surface area contributed by atoms with Gasteiger partial charge in [0, 0.05) is 19.6 Å². The lowest BCUT2D eigenvalue weighted by molar-refractivity contribution is 0.357. The Balaban J connectivity index is 2.34. The van der Waals surface area contributed by atoms with Crippen molar-refractivity contribution in [2.24, 2.45) is 5.92 Å². The minimum atomic E-state index is -3.41. The van der Waals surface area contributed by atoms with E-state index in [0.29, 0.717) is 17.4 Å². The highest BCUT2D eigenvalue weighted by atomic mass is 32.2. The minimum Gasteiger partial charge on any atom is -0.316 e. The second-order valence-corrected chi connectivity index (χ2v) is 7.70. The van der Waals surface area contributed by atoms with E-state index in [9.17, 15) is 8.42 Å². The van der Waals surface area contributed by atoms with Crippen LogP contribution >= 0.6 is 0 Å².